The summed E-state index contributed by atoms with van der Waals surface area (Å²) in [5.74, 6) is -0.170. The normalized spacial score (nSPS) is 9.38. The Morgan fingerprint density at radius 3 is 2.69 bits per heavy atom. The third-order valence-electron chi connectivity index (χ3n) is 1.24. The molecular weight excluding hydrogens is 176 g/mol. The fourth-order valence-corrected chi connectivity index (χ4v) is 0.746. The molecule has 0 spiro atoms. The molecule has 5 heteroatoms. The van der Waals surface area contributed by atoms with E-state index < -0.39 is 11.8 Å². The van der Waals surface area contributed by atoms with Crippen molar-refractivity contribution in [3.8, 4) is 5.95 Å². The lowest BCUT2D eigenvalue weighted by molar-refractivity contribution is 0.109. The number of rotatable bonds is 1. The van der Waals surface area contributed by atoms with Gasteiger partial charge in [-0.3, -0.25) is 0 Å². The number of carbonyl (C=O) groups excluding carboxylic acids is 1. The first kappa shape index (κ1) is 9.31. The maximum Gasteiger partial charge on any atom is 0.516 e. The van der Waals surface area contributed by atoms with Gasteiger partial charge in [0.05, 0.1) is 7.11 Å². The van der Waals surface area contributed by atoms with Gasteiger partial charge in [-0.05, 0) is 12.5 Å². The largest absolute Gasteiger partial charge is 0.516 e. The molecule has 0 aromatic carbocycles. The Morgan fingerprint density at radius 2 is 2.15 bits per heavy atom. The van der Waals surface area contributed by atoms with E-state index in [-0.39, 0.29) is 5.95 Å². The highest BCUT2D eigenvalue weighted by atomic mass is 16.7. The monoisotopic (exact) mass is 184 g/mol. The average molecular weight is 184 g/mol. The number of carbonyl (C=O) groups is 1. The van der Waals surface area contributed by atoms with Gasteiger partial charge in [0, 0.05) is 12.1 Å². The van der Waals surface area contributed by atoms with E-state index in [1.807, 2.05) is 0 Å². The van der Waals surface area contributed by atoms with Crippen LogP contribution in [0.1, 0.15) is 5.56 Å². The molecule has 0 unspecified atom stereocenters. The van der Waals surface area contributed by atoms with Crippen LogP contribution in [0.5, 0.6) is 5.95 Å². The zero-order chi connectivity index (χ0) is 9.84. The summed E-state index contributed by atoms with van der Waals surface area (Å²) < 4.78 is 13.3. The molecule has 5 nitrogen and oxygen atoms in total. The molecule has 13 heavy (non-hydrogen) atoms. The number of methoxy groups -OCH3 is 1. The van der Waals surface area contributed by atoms with Gasteiger partial charge in [0.15, 0.2) is 0 Å². The Morgan fingerprint density at radius 1 is 1.46 bits per heavy atom. The molecule has 0 N–H and O–H groups in total. The summed E-state index contributed by atoms with van der Waals surface area (Å²) in [6, 6.07) is 2.70. The molecule has 0 aliphatic carbocycles. The second-order valence-electron chi connectivity index (χ2n) is 2.33. The van der Waals surface area contributed by atoms with Crippen LogP contribution in [-0.4, -0.2) is 13.3 Å². The van der Waals surface area contributed by atoms with E-state index >= 15 is 0 Å². The minimum absolute atomic E-state index is 0.170. The van der Waals surface area contributed by atoms with Gasteiger partial charge in [-0.15, -0.1) is 0 Å². The zero-order valence-electron chi connectivity index (χ0n) is 7.20. The van der Waals surface area contributed by atoms with Gasteiger partial charge >= 0.3 is 11.8 Å². The molecule has 0 aliphatic rings. The Hall–Kier alpha value is -1.78. The van der Waals surface area contributed by atoms with E-state index in [0.29, 0.717) is 5.56 Å². The number of aryl methyl sites for hydroxylation is 1. The quantitative estimate of drug-likeness (QED) is 0.611. The standard InChI is InChI=1S/C8H8O5/c1-5-3-6(9)12-7(4-5)13-8(10)11-2/h3-4H,1-2H3. The van der Waals surface area contributed by atoms with Crippen molar-refractivity contribution < 1.29 is 18.7 Å². The van der Waals surface area contributed by atoms with Crippen molar-refractivity contribution in [1.29, 1.82) is 0 Å². The smallest absolute Gasteiger partial charge is 0.437 e. The van der Waals surface area contributed by atoms with Gasteiger partial charge in [0.2, 0.25) is 0 Å². The molecule has 1 rings (SSSR count). The first-order valence-corrected chi connectivity index (χ1v) is 3.49. The molecule has 0 atom stereocenters. The predicted octanol–water partition coefficient (Wildman–Crippen LogP) is 1.09. The Bertz CT molecular complexity index is 365. The molecule has 1 aromatic rings. The summed E-state index contributed by atoms with van der Waals surface area (Å²) >= 11 is 0. The van der Waals surface area contributed by atoms with E-state index in [4.69, 9.17) is 0 Å². The van der Waals surface area contributed by atoms with Crippen molar-refractivity contribution in [2.24, 2.45) is 0 Å². The Labute approximate surface area is 73.9 Å². The lowest BCUT2D eigenvalue weighted by Gasteiger charge is -1.99. The van der Waals surface area contributed by atoms with Crippen molar-refractivity contribution >= 4 is 6.16 Å². The molecular formula is C8H8O5. The first-order chi connectivity index (χ1) is 6.11. The third-order valence-corrected chi connectivity index (χ3v) is 1.24. The average Bonchev–Trinajstić information content (AvgIpc) is 2.02. The van der Waals surface area contributed by atoms with E-state index in [0.717, 1.165) is 7.11 Å². The van der Waals surface area contributed by atoms with E-state index in [1.54, 1.807) is 6.92 Å². The summed E-state index contributed by atoms with van der Waals surface area (Å²) in [5.41, 5.74) is 0.0778. The lowest BCUT2D eigenvalue weighted by Crippen LogP contribution is -2.09. The number of hydrogen-bond acceptors (Lipinski definition) is 5. The maximum absolute atomic E-state index is 10.8. The molecule has 0 aliphatic heterocycles. The summed E-state index contributed by atoms with van der Waals surface area (Å²) in [4.78, 5) is 21.4. The van der Waals surface area contributed by atoms with Crippen LogP contribution in [-0.2, 0) is 4.74 Å². The molecule has 70 valence electrons. The fraction of sp³-hybridized carbons (Fsp3) is 0.250. The van der Waals surface area contributed by atoms with Gasteiger partial charge < -0.3 is 13.9 Å². The highest BCUT2D eigenvalue weighted by molar-refractivity contribution is 5.62. The highest BCUT2D eigenvalue weighted by Gasteiger charge is 2.06. The minimum atomic E-state index is -0.922. The molecule has 0 amide bonds. The molecule has 1 aromatic heterocycles. The first-order valence-electron chi connectivity index (χ1n) is 3.49. The zero-order valence-corrected chi connectivity index (χ0v) is 7.20. The van der Waals surface area contributed by atoms with Crippen LogP contribution in [0, 0.1) is 6.92 Å². The Balaban J connectivity index is 2.89. The maximum atomic E-state index is 10.8. The van der Waals surface area contributed by atoms with Crippen LogP contribution in [0.15, 0.2) is 21.3 Å². The topological polar surface area (TPSA) is 65.7 Å². The van der Waals surface area contributed by atoms with E-state index in [2.05, 4.69) is 13.9 Å². The second-order valence-corrected chi connectivity index (χ2v) is 2.33. The molecule has 0 saturated heterocycles. The van der Waals surface area contributed by atoms with Crippen molar-refractivity contribution in [3.05, 3.63) is 28.1 Å². The minimum Gasteiger partial charge on any atom is -0.437 e. The molecule has 0 fully saturated rings. The third kappa shape index (κ3) is 2.62. The summed E-state index contributed by atoms with van der Waals surface area (Å²) in [6.07, 6.45) is -0.922. The molecule has 0 saturated carbocycles. The molecule has 1 heterocycles. The lowest BCUT2D eigenvalue weighted by atomic mass is 10.3. The highest BCUT2D eigenvalue weighted by Crippen LogP contribution is 2.09. The van der Waals surface area contributed by atoms with Gasteiger partial charge in [-0.1, -0.05) is 0 Å². The van der Waals surface area contributed by atoms with E-state index in [1.165, 1.54) is 12.1 Å². The van der Waals surface area contributed by atoms with Crippen molar-refractivity contribution in [3.63, 3.8) is 0 Å². The van der Waals surface area contributed by atoms with Crippen molar-refractivity contribution in [1.82, 2.24) is 0 Å². The summed E-state index contributed by atoms with van der Waals surface area (Å²) in [7, 11) is 1.16. The van der Waals surface area contributed by atoms with Gasteiger partial charge in [-0.25, -0.2) is 9.59 Å². The van der Waals surface area contributed by atoms with Crippen LogP contribution in [0.3, 0.4) is 0 Å². The van der Waals surface area contributed by atoms with Crippen molar-refractivity contribution in [2.75, 3.05) is 7.11 Å². The van der Waals surface area contributed by atoms with Gasteiger partial charge in [-0.2, -0.15) is 0 Å². The summed E-state index contributed by atoms with van der Waals surface area (Å²) in [5, 5.41) is 0. The van der Waals surface area contributed by atoms with Crippen LogP contribution in [0.25, 0.3) is 0 Å². The van der Waals surface area contributed by atoms with Gasteiger partial charge in [0.1, 0.15) is 0 Å². The van der Waals surface area contributed by atoms with Gasteiger partial charge in [0.25, 0.3) is 5.95 Å². The van der Waals surface area contributed by atoms with Crippen LogP contribution in [0.4, 0.5) is 4.79 Å². The second kappa shape index (κ2) is 3.75. The number of ether oxygens (including phenoxy) is 2. The number of hydrogen-bond donors (Lipinski definition) is 0. The van der Waals surface area contributed by atoms with Crippen LogP contribution in [0.2, 0.25) is 0 Å². The van der Waals surface area contributed by atoms with Crippen molar-refractivity contribution in [2.45, 2.75) is 6.92 Å². The molecule has 0 radical (unpaired) electrons. The van der Waals surface area contributed by atoms with Crippen LogP contribution >= 0.6 is 0 Å². The predicted molar refractivity (Wildman–Crippen MR) is 42.7 cm³/mol. The van der Waals surface area contributed by atoms with E-state index in [9.17, 15) is 9.59 Å². The fourth-order valence-electron chi connectivity index (χ4n) is 0.746. The Kier molecular flexibility index (Phi) is 2.69. The summed E-state index contributed by atoms with van der Waals surface area (Å²) in [6.45, 7) is 1.68. The molecule has 0 bridgehead atoms. The van der Waals surface area contributed by atoms with Crippen LogP contribution < -0.4 is 10.4 Å². The SMILES string of the molecule is COC(=O)Oc1cc(C)cc(=O)o1.